The van der Waals surface area contributed by atoms with E-state index in [9.17, 15) is 4.79 Å². The Morgan fingerprint density at radius 3 is 2.86 bits per heavy atom. The molecule has 122 valence electrons. The van der Waals surface area contributed by atoms with Gasteiger partial charge in [0.2, 0.25) is 5.88 Å². The molecule has 8 nitrogen and oxygen atoms in total. The quantitative estimate of drug-likeness (QED) is 0.788. The highest BCUT2D eigenvalue weighted by Crippen LogP contribution is 2.26. The molecule has 8 heteroatoms. The van der Waals surface area contributed by atoms with Gasteiger partial charge in [-0.15, -0.1) is 0 Å². The molecule has 0 aliphatic carbocycles. The summed E-state index contributed by atoms with van der Waals surface area (Å²) >= 11 is 0. The van der Waals surface area contributed by atoms with Crippen molar-refractivity contribution in [1.82, 2.24) is 10.3 Å². The summed E-state index contributed by atoms with van der Waals surface area (Å²) in [5.41, 5.74) is 0.472. The van der Waals surface area contributed by atoms with E-state index in [1.807, 2.05) is 0 Å². The number of hydrogen-bond acceptors (Lipinski definition) is 6. The number of urea groups is 1. The molecular weight excluding hydrogens is 290 g/mol. The van der Waals surface area contributed by atoms with Gasteiger partial charge >= 0.3 is 6.03 Å². The summed E-state index contributed by atoms with van der Waals surface area (Å²) in [6.45, 7) is 0.817. The Balaban J connectivity index is 2.04. The number of ether oxygens (including phenoxy) is 4. The average molecular weight is 311 g/mol. The molecule has 0 bridgehead atoms. The summed E-state index contributed by atoms with van der Waals surface area (Å²) in [5, 5.41) is 5.49. The summed E-state index contributed by atoms with van der Waals surface area (Å²) in [5.74, 6) is -0.559. The van der Waals surface area contributed by atoms with Gasteiger partial charge in [-0.3, -0.25) is 0 Å². The molecule has 0 aromatic carbocycles. The van der Waals surface area contributed by atoms with E-state index in [2.05, 4.69) is 15.6 Å². The fourth-order valence-electron chi connectivity index (χ4n) is 2.41. The topological polar surface area (TPSA) is 90.9 Å². The predicted octanol–water partition coefficient (Wildman–Crippen LogP) is 0.990. The monoisotopic (exact) mass is 311 g/mol. The highest BCUT2D eigenvalue weighted by molar-refractivity contribution is 5.90. The van der Waals surface area contributed by atoms with E-state index in [0.717, 1.165) is 0 Å². The standard InChI is InChI=1S/C14H21N3O5/c1-19-12-10(5-4-7-15-12)16-13(18)17-11-9-22-8-6-14(11,20-2)21-3/h4-5,7,11H,6,8-9H2,1-3H3,(H2,16,17,18). The average Bonchev–Trinajstić information content (AvgIpc) is 2.56. The molecule has 22 heavy (non-hydrogen) atoms. The van der Waals surface area contributed by atoms with Gasteiger partial charge < -0.3 is 29.6 Å². The van der Waals surface area contributed by atoms with Crippen LogP contribution in [0.25, 0.3) is 0 Å². The van der Waals surface area contributed by atoms with Gasteiger partial charge in [0, 0.05) is 26.8 Å². The van der Waals surface area contributed by atoms with Crippen LogP contribution in [0.1, 0.15) is 6.42 Å². The number of amides is 2. The van der Waals surface area contributed by atoms with Crippen LogP contribution < -0.4 is 15.4 Å². The lowest BCUT2D eigenvalue weighted by atomic mass is 10.0. The zero-order valence-corrected chi connectivity index (χ0v) is 12.9. The number of rotatable bonds is 5. The molecule has 1 fully saturated rings. The minimum Gasteiger partial charge on any atom is -0.480 e. The lowest BCUT2D eigenvalue weighted by Crippen LogP contribution is -2.60. The third kappa shape index (κ3) is 3.46. The Morgan fingerprint density at radius 2 is 2.18 bits per heavy atom. The van der Waals surface area contributed by atoms with Gasteiger partial charge in [-0.05, 0) is 12.1 Å². The lowest BCUT2D eigenvalue weighted by molar-refractivity contribution is -0.256. The first kappa shape index (κ1) is 16.5. The highest BCUT2D eigenvalue weighted by atomic mass is 16.7. The van der Waals surface area contributed by atoms with Crippen molar-refractivity contribution in [3.05, 3.63) is 18.3 Å². The van der Waals surface area contributed by atoms with Crippen LogP contribution in [-0.4, -0.2) is 57.4 Å². The molecule has 0 spiro atoms. The van der Waals surface area contributed by atoms with Crippen LogP contribution in [0.5, 0.6) is 5.88 Å². The van der Waals surface area contributed by atoms with Crippen LogP contribution >= 0.6 is 0 Å². The number of nitrogens with one attached hydrogen (secondary N) is 2. The maximum atomic E-state index is 12.2. The molecular formula is C14H21N3O5. The number of anilines is 1. The van der Waals surface area contributed by atoms with Gasteiger partial charge in [0.25, 0.3) is 0 Å². The second kappa shape index (κ2) is 7.39. The van der Waals surface area contributed by atoms with E-state index in [4.69, 9.17) is 18.9 Å². The van der Waals surface area contributed by atoms with Crippen LogP contribution in [-0.2, 0) is 14.2 Å². The first-order valence-electron chi connectivity index (χ1n) is 6.89. The molecule has 1 aliphatic heterocycles. The number of carbonyl (C=O) groups is 1. The summed E-state index contributed by atoms with van der Waals surface area (Å²) in [6.07, 6.45) is 2.11. The SMILES string of the molecule is COc1ncccc1NC(=O)NC1COCCC1(OC)OC. The van der Waals surface area contributed by atoms with Crippen molar-refractivity contribution in [3.63, 3.8) is 0 Å². The second-order valence-corrected chi connectivity index (χ2v) is 4.76. The van der Waals surface area contributed by atoms with Gasteiger partial charge in [0.15, 0.2) is 5.79 Å². The summed E-state index contributed by atoms with van der Waals surface area (Å²) in [6, 6.07) is 2.55. The van der Waals surface area contributed by atoms with Crippen molar-refractivity contribution in [2.75, 3.05) is 39.9 Å². The Kier molecular flexibility index (Phi) is 5.53. The zero-order chi connectivity index (χ0) is 16.0. The van der Waals surface area contributed by atoms with E-state index in [-0.39, 0.29) is 0 Å². The maximum absolute atomic E-state index is 12.2. The summed E-state index contributed by atoms with van der Waals surface area (Å²) in [7, 11) is 4.58. The molecule has 2 N–H and O–H groups in total. The maximum Gasteiger partial charge on any atom is 0.319 e. The lowest BCUT2D eigenvalue weighted by Gasteiger charge is -2.41. The molecule has 0 saturated carbocycles. The molecule has 1 aliphatic rings. The molecule has 2 rings (SSSR count). The fourth-order valence-corrected chi connectivity index (χ4v) is 2.41. The number of hydrogen-bond donors (Lipinski definition) is 2. The summed E-state index contributed by atoms with van der Waals surface area (Å²) < 4.78 is 21.4. The van der Waals surface area contributed by atoms with Gasteiger partial charge in [-0.2, -0.15) is 0 Å². The van der Waals surface area contributed by atoms with Crippen LogP contribution in [0.2, 0.25) is 0 Å². The Morgan fingerprint density at radius 1 is 1.41 bits per heavy atom. The minimum absolute atomic E-state index is 0.305. The van der Waals surface area contributed by atoms with Crippen LogP contribution in [0.3, 0.4) is 0 Å². The first-order valence-corrected chi connectivity index (χ1v) is 6.89. The first-order chi connectivity index (χ1) is 10.6. The number of methoxy groups -OCH3 is 3. The second-order valence-electron chi connectivity index (χ2n) is 4.76. The predicted molar refractivity (Wildman–Crippen MR) is 78.9 cm³/mol. The summed E-state index contributed by atoms with van der Waals surface area (Å²) in [4.78, 5) is 16.2. The minimum atomic E-state index is -0.894. The van der Waals surface area contributed by atoms with E-state index >= 15 is 0 Å². The fraction of sp³-hybridized carbons (Fsp3) is 0.571. The highest BCUT2D eigenvalue weighted by Gasteiger charge is 2.43. The van der Waals surface area contributed by atoms with Crippen molar-refractivity contribution >= 4 is 11.7 Å². The third-order valence-corrected chi connectivity index (χ3v) is 3.62. The normalized spacial score (nSPS) is 20.2. The number of pyridine rings is 1. The molecule has 0 radical (unpaired) electrons. The molecule has 2 heterocycles. The van der Waals surface area contributed by atoms with E-state index in [1.54, 1.807) is 32.5 Å². The largest absolute Gasteiger partial charge is 0.480 e. The smallest absolute Gasteiger partial charge is 0.319 e. The van der Waals surface area contributed by atoms with Crippen molar-refractivity contribution in [3.8, 4) is 5.88 Å². The van der Waals surface area contributed by atoms with Crippen molar-refractivity contribution in [1.29, 1.82) is 0 Å². The van der Waals surface area contributed by atoms with Gasteiger partial charge in [0.05, 0.1) is 20.3 Å². The Labute approximate surface area is 129 Å². The van der Waals surface area contributed by atoms with E-state index in [0.29, 0.717) is 31.2 Å². The van der Waals surface area contributed by atoms with Crippen molar-refractivity contribution < 1.29 is 23.7 Å². The third-order valence-electron chi connectivity index (χ3n) is 3.62. The number of aromatic nitrogens is 1. The van der Waals surface area contributed by atoms with Gasteiger partial charge in [-0.1, -0.05) is 0 Å². The number of carbonyl (C=O) groups excluding carboxylic acids is 1. The Hall–Kier alpha value is -1.90. The van der Waals surface area contributed by atoms with Gasteiger partial charge in [0.1, 0.15) is 11.7 Å². The van der Waals surface area contributed by atoms with E-state index < -0.39 is 17.9 Å². The number of nitrogens with zero attached hydrogens (tertiary/aromatic N) is 1. The zero-order valence-electron chi connectivity index (χ0n) is 12.9. The van der Waals surface area contributed by atoms with E-state index in [1.165, 1.54) is 7.11 Å². The Bertz CT molecular complexity index is 507. The van der Waals surface area contributed by atoms with Crippen LogP contribution in [0.4, 0.5) is 10.5 Å². The molecule has 1 aromatic heterocycles. The van der Waals surface area contributed by atoms with Crippen molar-refractivity contribution in [2.45, 2.75) is 18.2 Å². The molecule has 1 saturated heterocycles. The molecule has 2 amide bonds. The van der Waals surface area contributed by atoms with Crippen LogP contribution in [0.15, 0.2) is 18.3 Å². The molecule has 1 unspecified atom stereocenters. The molecule has 1 aromatic rings. The van der Waals surface area contributed by atoms with Crippen LogP contribution in [0, 0.1) is 0 Å². The van der Waals surface area contributed by atoms with Gasteiger partial charge in [-0.25, -0.2) is 9.78 Å². The molecule has 1 atom stereocenters. The van der Waals surface area contributed by atoms with Crippen molar-refractivity contribution in [2.24, 2.45) is 0 Å².